The van der Waals surface area contributed by atoms with E-state index in [9.17, 15) is 8.42 Å². The van der Waals surface area contributed by atoms with Gasteiger partial charge in [0, 0.05) is 0 Å². The Morgan fingerprint density at radius 2 is 1.88 bits per heavy atom. The molecule has 0 bridgehead atoms. The second-order valence-electron chi connectivity index (χ2n) is 3.44. The lowest BCUT2D eigenvalue weighted by atomic mass is 10.2. The third-order valence-corrected chi connectivity index (χ3v) is 4.31. The first kappa shape index (κ1) is 13.3. The molecule has 88 valence electrons. The third kappa shape index (κ3) is 3.64. The number of rotatable bonds is 3. The van der Waals surface area contributed by atoms with E-state index in [2.05, 4.69) is 4.99 Å². The number of benzene rings is 1. The van der Waals surface area contributed by atoms with E-state index in [1.54, 1.807) is 31.2 Å². The molecule has 0 spiro atoms. The predicted octanol–water partition coefficient (Wildman–Crippen LogP) is 2.51. The topological polar surface area (TPSA) is 46.5 Å². The molecule has 0 aliphatic heterocycles. The minimum atomic E-state index is -3.28. The van der Waals surface area contributed by atoms with E-state index in [1.165, 1.54) is 11.8 Å². The van der Waals surface area contributed by atoms with Crippen LogP contribution in [0.4, 0.5) is 0 Å². The predicted molar refractivity (Wildman–Crippen MR) is 69.9 cm³/mol. The molecule has 1 aromatic carbocycles. The minimum absolute atomic E-state index is 0.178. The van der Waals surface area contributed by atoms with Gasteiger partial charge in [0.05, 0.1) is 9.94 Å². The molecule has 0 aliphatic carbocycles. The number of nitrogens with zero attached hydrogens (tertiary/aromatic N) is 1. The van der Waals surface area contributed by atoms with Crippen LogP contribution in [0.1, 0.15) is 12.5 Å². The molecule has 0 unspecified atom stereocenters. The Hall–Kier alpha value is -0.810. The summed E-state index contributed by atoms with van der Waals surface area (Å²) in [5, 5.41) is 0.774. The zero-order valence-corrected chi connectivity index (χ0v) is 11.2. The molecule has 0 aliphatic rings. The summed E-state index contributed by atoms with van der Waals surface area (Å²) >= 11 is 1.45. The summed E-state index contributed by atoms with van der Waals surface area (Å²) in [5.74, 6) is -0.178. The molecular formula is C11H15NO2S2. The fraction of sp³-hybridized carbons (Fsp3) is 0.364. The molecule has 0 atom stereocenters. The van der Waals surface area contributed by atoms with Crippen LogP contribution in [0.15, 0.2) is 34.2 Å². The fourth-order valence-electron chi connectivity index (χ4n) is 1.06. The van der Waals surface area contributed by atoms with Crippen molar-refractivity contribution < 1.29 is 8.42 Å². The summed E-state index contributed by atoms with van der Waals surface area (Å²) in [5.41, 5.74) is 1.04. The molecule has 1 aromatic rings. The van der Waals surface area contributed by atoms with E-state index in [0.717, 1.165) is 10.6 Å². The molecule has 0 aromatic heterocycles. The van der Waals surface area contributed by atoms with Gasteiger partial charge in [-0.05, 0) is 32.2 Å². The fourth-order valence-corrected chi connectivity index (χ4v) is 2.40. The summed E-state index contributed by atoms with van der Waals surface area (Å²) in [6, 6.07) is 6.82. The smallest absolute Gasteiger partial charge is 0.198 e. The average molecular weight is 257 g/mol. The molecule has 16 heavy (non-hydrogen) atoms. The van der Waals surface area contributed by atoms with Crippen molar-refractivity contribution in [2.24, 2.45) is 4.99 Å². The normalized spacial score (nSPS) is 12.8. The van der Waals surface area contributed by atoms with Gasteiger partial charge in [0.25, 0.3) is 0 Å². The molecule has 0 saturated heterocycles. The van der Waals surface area contributed by atoms with Crippen molar-refractivity contribution in [2.75, 3.05) is 12.1 Å². The third-order valence-electron chi connectivity index (χ3n) is 2.13. The molecule has 3 nitrogen and oxygen atoms in total. The minimum Gasteiger partial charge on any atom is -0.267 e. The number of hydrogen-bond acceptors (Lipinski definition) is 4. The Bertz CT molecular complexity index is 475. The van der Waals surface area contributed by atoms with Crippen LogP contribution in [0.2, 0.25) is 0 Å². The van der Waals surface area contributed by atoms with Gasteiger partial charge in [-0.2, -0.15) is 0 Å². The van der Waals surface area contributed by atoms with Crippen molar-refractivity contribution in [2.45, 2.75) is 18.7 Å². The van der Waals surface area contributed by atoms with Crippen molar-refractivity contribution >= 4 is 26.6 Å². The quantitative estimate of drug-likeness (QED) is 0.617. The maximum absolute atomic E-state index is 11.8. The first-order chi connectivity index (χ1) is 7.45. The van der Waals surface area contributed by atoms with Crippen LogP contribution in [0.3, 0.4) is 0 Å². The summed E-state index contributed by atoms with van der Waals surface area (Å²) in [7, 11) is -3.28. The molecule has 0 amide bonds. The summed E-state index contributed by atoms with van der Waals surface area (Å²) in [4.78, 5) is 4.33. The number of aliphatic imine (C=N–C) groups is 1. The van der Waals surface area contributed by atoms with Gasteiger partial charge in [0.1, 0.15) is 5.88 Å². The number of sulfone groups is 1. The Balaban J connectivity index is 2.91. The van der Waals surface area contributed by atoms with Crippen LogP contribution in [0.5, 0.6) is 0 Å². The molecule has 0 saturated carbocycles. The highest BCUT2D eigenvalue weighted by atomic mass is 32.2. The van der Waals surface area contributed by atoms with Gasteiger partial charge in [-0.1, -0.05) is 17.7 Å². The maximum atomic E-state index is 11.8. The number of aryl methyl sites for hydroxylation is 1. The second-order valence-corrected chi connectivity index (χ2v) is 6.40. The van der Waals surface area contributed by atoms with Crippen molar-refractivity contribution in [3.05, 3.63) is 29.8 Å². The second kappa shape index (κ2) is 5.50. The summed E-state index contributed by atoms with van der Waals surface area (Å²) < 4.78 is 23.7. The van der Waals surface area contributed by atoms with E-state index in [4.69, 9.17) is 0 Å². The highest BCUT2D eigenvalue weighted by Crippen LogP contribution is 2.12. The van der Waals surface area contributed by atoms with Crippen LogP contribution in [-0.4, -0.2) is 25.6 Å². The van der Waals surface area contributed by atoms with Crippen molar-refractivity contribution in [1.82, 2.24) is 0 Å². The molecular weight excluding hydrogens is 242 g/mol. The Labute approximate surface area is 101 Å². The lowest BCUT2D eigenvalue weighted by Crippen LogP contribution is -2.05. The Morgan fingerprint density at radius 3 is 2.38 bits per heavy atom. The number of hydrogen-bond donors (Lipinski definition) is 0. The van der Waals surface area contributed by atoms with Crippen LogP contribution in [0, 0.1) is 6.92 Å². The zero-order valence-electron chi connectivity index (χ0n) is 9.60. The largest absolute Gasteiger partial charge is 0.267 e. The lowest BCUT2D eigenvalue weighted by Gasteiger charge is -2.02. The van der Waals surface area contributed by atoms with Crippen LogP contribution < -0.4 is 0 Å². The van der Waals surface area contributed by atoms with E-state index in [1.807, 2.05) is 13.2 Å². The molecule has 5 heteroatoms. The van der Waals surface area contributed by atoms with Crippen LogP contribution in [0.25, 0.3) is 0 Å². The first-order valence-corrected chi connectivity index (χ1v) is 7.68. The summed E-state index contributed by atoms with van der Waals surface area (Å²) in [6.07, 6.45) is 1.87. The van der Waals surface area contributed by atoms with E-state index in [-0.39, 0.29) is 5.88 Å². The van der Waals surface area contributed by atoms with Crippen LogP contribution >= 0.6 is 11.8 Å². The Kier molecular flexibility index (Phi) is 4.56. The van der Waals surface area contributed by atoms with Crippen molar-refractivity contribution in [1.29, 1.82) is 0 Å². The van der Waals surface area contributed by atoms with Gasteiger partial charge < -0.3 is 0 Å². The van der Waals surface area contributed by atoms with Crippen LogP contribution in [-0.2, 0) is 9.84 Å². The van der Waals surface area contributed by atoms with E-state index >= 15 is 0 Å². The van der Waals surface area contributed by atoms with Gasteiger partial charge in [0.2, 0.25) is 0 Å². The van der Waals surface area contributed by atoms with Crippen molar-refractivity contribution in [3.8, 4) is 0 Å². The monoisotopic (exact) mass is 257 g/mol. The lowest BCUT2D eigenvalue weighted by molar-refractivity contribution is 0.596. The molecule has 0 fully saturated rings. The summed E-state index contributed by atoms with van der Waals surface area (Å²) in [6.45, 7) is 3.72. The van der Waals surface area contributed by atoms with Gasteiger partial charge in [0.15, 0.2) is 9.84 Å². The molecule has 0 N–H and O–H groups in total. The highest BCUT2D eigenvalue weighted by Gasteiger charge is 2.12. The molecule has 0 radical (unpaired) electrons. The zero-order chi connectivity index (χ0) is 12.2. The molecule has 1 rings (SSSR count). The maximum Gasteiger partial charge on any atom is 0.198 e. The van der Waals surface area contributed by atoms with Gasteiger partial charge >= 0.3 is 0 Å². The van der Waals surface area contributed by atoms with Gasteiger partial charge in [-0.3, -0.25) is 4.99 Å². The highest BCUT2D eigenvalue weighted by molar-refractivity contribution is 8.13. The van der Waals surface area contributed by atoms with E-state index < -0.39 is 9.84 Å². The van der Waals surface area contributed by atoms with Gasteiger partial charge in [-0.25, -0.2) is 8.42 Å². The SMILES string of the molecule is CS/C(C)=N/CS(=O)(=O)c1ccc(C)cc1. The molecule has 0 heterocycles. The van der Waals surface area contributed by atoms with Crippen molar-refractivity contribution in [3.63, 3.8) is 0 Å². The Morgan fingerprint density at radius 1 is 1.31 bits per heavy atom. The standard InChI is InChI=1S/C11H15NO2S2/c1-9-4-6-11(7-5-9)16(13,14)8-12-10(2)15-3/h4-7H,8H2,1-3H3/b12-10+. The number of thioether (sulfide) groups is 1. The van der Waals surface area contributed by atoms with E-state index in [0.29, 0.717) is 4.90 Å². The average Bonchev–Trinajstić information content (AvgIpc) is 2.26. The van der Waals surface area contributed by atoms with Gasteiger partial charge in [-0.15, -0.1) is 11.8 Å². The first-order valence-electron chi connectivity index (χ1n) is 4.80.